The van der Waals surface area contributed by atoms with Gasteiger partial charge in [-0.1, -0.05) is 55.1 Å². The van der Waals surface area contributed by atoms with Gasteiger partial charge in [-0.25, -0.2) is 13.9 Å². The first-order valence-corrected chi connectivity index (χ1v) is 13.3. The fourth-order valence-corrected chi connectivity index (χ4v) is 4.87. The van der Waals surface area contributed by atoms with Crippen molar-refractivity contribution in [2.75, 3.05) is 24.8 Å². The lowest BCUT2D eigenvalue weighted by atomic mass is 9.95. The second-order valence-electron chi connectivity index (χ2n) is 8.36. The van der Waals surface area contributed by atoms with Gasteiger partial charge in [0.15, 0.2) is 11.5 Å². The van der Waals surface area contributed by atoms with Crippen LogP contribution in [0.3, 0.4) is 0 Å². The highest BCUT2D eigenvalue weighted by Crippen LogP contribution is 2.40. The number of anilines is 1. The van der Waals surface area contributed by atoms with Gasteiger partial charge in [0, 0.05) is 17.0 Å². The van der Waals surface area contributed by atoms with Crippen LogP contribution >= 0.6 is 23.4 Å². The summed E-state index contributed by atoms with van der Waals surface area (Å²) in [5.74, 6) is 1.20. The lowest BCUT2D eigenvalue weighted by molar-refractivity contribution is -0.138. The molecule has 0 fully saturated rings. The van der Waals surface area contributed by atoms with E-state index in [1.54, 1.807) is 35.9 Å². The van der Waals surface area contributed by atoms with Crippen LogP contribution in [-0.4, -0.2) is 40.2 Å². The van der Waals surface area contributed by atoms with Crippen LogP contribution in [0.25, 0.3) is 0 Å². The van der Waals surface area contributed by atoms with Gasteiger partial charge in [0.25, 0.3) is 0 Å². The molecule has 0 bridgehead atoms. The summed E-state index contributed by atoms with van der Waals surface area (Å²) in [5, 5.41) is 8.73. The summed E-state index contributed by atoms with van der Waals surface area (Å²) in [6.07, 6.45) is 2.48. The van der Waals surface area contributed by atoms with Crippen LogP contribution in [0.2, 0.25) is 5.02 Å². The number of hydrogen-bond donors (Lipinski definition) is 1. The zero-order valence-electron chi connectivity index (χ0n) is 21.3. The number of methoxy groups -OCH3 is 1. The van der Waals surface area contributed by atoms with Gasteiger partial charge in [0.2, 0.25) is 11.1 Å². The number of fused-ring (bicyclic) bond motifs is 1. The van der Waals surface area contributed by atoms with Crippen LogP contribution in [-0.2, 0) is 16.1 Å². The minimum absolute atomic E-state index is 0.0683. The molecule has 1 aliphatic heterocycles. The van der Waals surface area contributed by atoms with Crippen molar-refractivity contribution in [1.82, 2.24) is 14.8 Å². The number of nitrogens with one attached hydrogen (secondary N) is 1. The van der Waals surface area contributed by atoms with Crippen LogP contribution in [0.15, 0.2) is 65.5 Å². The molecule has 1 atom stereocenters. The molecule has 0 amide bonds. The lowest BCUT2D eigenvalue weighted by Crippen LogP contribution is -2.29. The Balaban J connectivity index is 1.72. The summed E-state index contributed by atoms with van der Waals surface area (Å²) in [4.78, 5) is 17.8. The third kappa shape index (κ3) is 5.81. The number of ether oxygens (including phenoxy) is 3. The highest BCUT2D eigenvalue weighted by Gasteiger charge is 2.35. The van der Waals surface area contributed by atoms with Crippen molar-refractivity contribution in [2.24, 2.45) is 0 Å². The fourth-order valence-electron chi connectivity index (χ4n) is 3.96. The predicted octanol–water partition coefficient (Wildman–Crippen LogP) is 6.18. The molecule has 1 aliphatic rings. The lowest BCUT2D eigenvalue weighted by Gasteiger charge is -2.28. The van der Waals surface area contributed by atoms with E-state index >= 15 is 0 Å². The monoisotopic (exact) mass is 558 g/mol. The Morgan fingerprint density at radius 2 is 2.13 bits per heavy atom. The van der Waals surface area contributed by atoms with E-state index in [1.165, 1.54) is 37.1 Å². The van der Waals surface area contributed by atoms with E-state index in [0.717, 1.165) is 12.2 Å². The van der Waals surface area contributed by atoms with Crippen molar-refractivity contribution >= 4 is 35.3 Å². The van der Waals surface area contributed by atoms with Crippen molar-refractivity contribution in [3.63, 3.8) is 0 Å². The molecule has 2 aromatic carbocycles. The molecule has 200 valence electrons. The first kappa shape index (κ1) is 27.5. The molecule has 0 aliphatic carbocycles. The Labute approximate surface area is 229 Å². The van der Waals surface area contributed by atoms with Crippen LogP contribution in [0.1, 0.15) is 37.4 Å². The molecule has 3 aromatic rings. The molecule has 1 unspecified atom stereocenters. The van der Waals surface area contributed by atoms with Gasteiger partial charge in [0.05, 0.1) is 17.7 Å². The number of esters is 1. The van der Waals surface area contributed by atoms with E-state index < -0.39 is 17.8 Å². The molecule has 4 rings (SSSR count). The summed E-state index contributed by atoms with van der Waals surface area (Å²) >= 11 is 7.68. The van der Waals surface area contributed by atoms with Crippen LogP contribution in [0, 0.1) is 5.82 Å². The van der Waals surface area contributed by atoms with Gasteiger partial charge in [0.1, 0.15) is 25.1 Å². The second kappa shape index (κ2) is 12.4. The van der Waals surface area contributed by atoms with Crippen molar-refractivity contribution in [3.8, 4) is 11.5 Å². The molecule has 1 N–H and O–H groups in total. The third-order valence-corrected chi connectivity index (χ3v) is 7.16. The summed E-state index contributed by atoms with van der Waals surface area (Å²) in [7, 11) is 1.51. The number of aromatic nitrogens is 3. The molecular weight excluding hydrogens is 531 g/mol. The Bertz CT molecular complexity index is 1360. The molecule has 1 aromatic heterocycles. The van der Waals surface area contributed by atoms with Gasteiger partial charge in [-0.3, -0.25) is 0 Å². The molecule has 11 heteroatoms. The van der Waals surface area contributed by atoms with E-state index in [4.69, 9.17) is 25.8 Å². The van der Waals surface area contributed by atoms with Crippen molar-refractivity contribution in [3.05, 3.63) is 82.3 Å². The average molecular weight is 559 g/mol. The van der Waals surface area contributed by atoms with E-state index in [9.17, 15) is 9.18 Å². The Kier molecular flexibility index (Phi) is 8.96. The number of carbonyl (C=O) groups excluding carboxylic acids is 1. The highest BCUT2D eigenvalue weighted by molar-refractivity contribution is 7.99. The SMILES string of the molecule is C=CCOC(=O)C1=C(C)Nc2nc(SCCC)nn2C1c1ccc(OCc2c(F)cccc2Cl)c(OC)c1. The maximum atomic E-state index is 14.2. The van der Waals surface area contributed by atoms with Crippen LogP contribution < -0.4 is 14.8 Å². The van der Waals surface area contributed by atoms with Crippen molar-refractivity contribution in [1.29, 1.82) is 0 Å². The van der Waals surface area contributed by atoms with Gasteiger partial charge in [-0.05, 0) is 43.2 Å². The smallest absolute Gasteiger partial charge is 0.338 e. The Morgan fingerprint density at radius 3 is 2.84 bits per heavy atom. The predicted molar refractivity (Wildman–Crippen MR) is 145 cm³/mol. The number of allylic oxidation sites excluding steroid dienone is 1. The molecular formula is C27H28ClFN4O4S. The molecule has 0 saturated carbocycles. The average Bonchev–Trinajstić information content (AvgIpc) is 3.31. The standard InChI is InChI=1S/C27H28ClFN4O4S/c1-5-12-36-25(34)23-16(3)30-26-31-27(38-13-6-2)32-33(26)24(23)17-10-11-21(22(14-17)35-4)37-15-18-19(28)8-7-9-20(18)29/h5,7-11,14,24H,1,6,12-13,15H2,2-4H3,(H,30,31,32). The molecule has 0 saturated heterocycles. The normalized spacial score (nSPS) is 14.5. The van der Waals surface area contributed by atoms with Crippen molar-refractivity contribution < 1.29 is 23.4 Å². The number of halogens is 2. The van der Waals surface area contributed by atoms with Gasteiger partial charge in [-0.2, -0.15) is 4.98 Å². The second-order valence-corrected chi connectivity index (χ2v) is 9.83. The van der Waals surface area contributed by atoms with E-state index in [2.05, 4.69) is 28.9 Å². The molecule has 0 spiro atoms. The van der Waals surface area contributed by atoms with E-state index in [-0.39, 0.29) is 23.8 Å². The molecule has 0 radical (unpaired) electrons. The number of carbonyl (C=O) groups is 1. The molecule has 2 heterocycles. The number of rotatable bonds is 11. The zero-order valence-corrected chi connectivity index (χ0v) is 22.9. The fraction of sp³-hybridized carbons (Fsp3) is 0.296. The number of thioether (sulfide) groups is 1. The van der Waals surface area contributed by atoms with Gasteiger partial charge < -0.3 is 19.5 Å². The summed E-state index contributed by atoms with van der Waals surface area (Å²) in [6, 6.07) is 9.08. The maximum absolute atomic E-state index is 14.2. The maximum Gasteiger partial charge on any atom is 0.338 e. The minimum atomic E-state index is -0.643. The van der Waals surface area contributed by atoms with Crippen molar-refractivity contribution in [2.45, 2.75) is 38.1 Å². The first-order valence-electron chi connectivity index (χ1n) is 12.0. The largest absolute Gasteiger partial charge is 0.493 e. The summed E-state index contributed by atoms with van der Waals surface area (Å²) in [5.41, 5.74) is 1.92. The first-order chi connectivity index (χ1) is 18.4. The Hall–Kier alpha value is -3.50. The zero-order chi connectivity index (χ0) is 27.2. The Morgan fingerprint density at radius 1 is 1.32 bits per heavy atom. The third-order valence-electron chi connectivity index (χ3n) is 5.76. The molecule has 38 heavy (non-hydrogen) atoms. The summed E-state index contributed by atoms with van der Waals surface area (Å²) < 4.78 is 32.8. The quantitative estimate of drug-likeness (QED) is 0.170. The van der Waals surface area contributed by atoms with Gasteiger partial charge in [-0.15, -0.1) is 5.10 Å². The molecule has 8 nitrogen and oxygen atoms in total. The van der Waals surface area contributed by atoms with Crippen LogP contribution in [0.5, 0.6) is 11.5 Å². The number of hydrogen-bond acceptors (Lipinski definition) is 8. The van der Waals surface area contributed by atoms with Crippen LogP contribution in [0.4, 0.5) is 10.3 Å². The topological polar surface area (TPSA) is 87.5 Å². The number of benzene rings is 2. The van der Waals surface area contributed by atoms with Gasteiger partial charge >= 0.3 is 5.97 Å². The van der Waals surface area contributed by atoms with E-state index in [0.29, 0.717) is 39.4 Å². The summed E-state index contributed by atoms with van der Waals surface area (Å²) in [6.45, 7) is 7.48. The highest BCUT2D eigenvalue weighted by atomic mass is 35.5. The minimum Gasteiger partial charge on any atom is -0.493 e. The number of nitrogens with zero attached hydrogens (tertiary/aromatic N) is 3. The van der Waals surface area contributed by atoms with E-state index in [1.807, 2.05) is 0 Å².